The van der Waals surface area contributed by atoms with E-state index in [0.29, 0.717) is 18.7 Å². The van der Waals surface area contributed by atoms with Gasteiger partial charge in [0, 0.05) is 24.9 Å². The summed E-state index contributed by atoms with van der Waals surface area (Å²) < 4.78 is 0. The van der Waals surface area contributed by atoms with Gasteiger partial charge in [-0.15, -0.1) is 0 Å². The molecule has 0 bridgehead atoms. The standard InChI is InChI=1S/C20H30N2O2/c1-15(13-21(3)4)19(23)18(12-17-10-8-7-9-11-17)20(24)16(2)14-22(5)6/h7-12,15-16H,13-14H2,1-6H3/t15-,16+. The molecule has 0 N–H and O–H groups in total. The minimum atomic E-state index is -0.217. The van der Waals surface area contributed by atoms with Gasteiger partial charge in [0.15, 0.2) is 11.6 Å². The number of benzene rings is 1. The maximum atomic E-state index is 12.9. The van der Waals surface area contributed by atoms with Crippen molar-refractivity contribution in [3.05, 3.63) is 41.5 Å². The number of nitrogens with zero attached hydrogens (tertiary/aromatic N) is 2. The number of rotatable bonds is 9. The molecule has 0 saturated heterocycles. The monoisotopic (exact) mass is 330 g/mol. The highest BCUT2D eigenvalue weighted by Gasteiger charge is 2.27. The average Bonchev–Trinajstić information content (AvgIpc) is 2.51. The summed E-state index contributed by atoms with van der Waals surface area (Å²) in [4.78, 5) is 29.7. The Kier molecular flexibility index (Phi) is 8.02. The first-order valence-corrected chi connectivity index (χ1v) is 8.37. The van der Waals surface area contributed by atoms with Gasteiger partial charge in [0.05, 0.1) is 5.57 Å². The van der Waals surface area contributed by atoms with E-state index >= 15 is 0 Å². The summed E-state index contributed by atoms with van der Waals surface area (Å²) in [5, 5.41) is 0. The van der Waals surface area contributed by atoms with E-state index in [9.17, 15) is 9.59 Å². The molecule has 0 fully saturated rings. The van der Waals surface area contributed by atoms with Crippen molar-refractivity contribution in [3.63, 3.8) is 0 Å². The Morgan fingerprint density at radius 2 is 1.29 bits per heavy atom. The van der Waals surface area contributed by atoms with Crippen molar-refractivity contribution < 1.29 is 9.59 Å². The van der Waals surface area contributed by atoms with Gasteiger partial charge in [0.1, 0.15) is 0 Å². The van der Waals surface area contributed by atoms with Crippen molar-refractivity contribution in [2.45, 2.75) is 13.8 Å². The van der Waals surface area contributed by atoms with Crippen LogP contribution < -0.4 is 0 Å². The first-order chi connectivity index (χ1) is 11.2. The number of allylic oxidation sites excluding steroid dienone is 1. The lowest BCUT2D eigenvalue weighted by Gasteiger charge is -2.20. The number of ketones is 2. The van der Waals surface area contributed by atoms with Crippen LogP contribution in [-0.4, -0.2) is 62.6 Å². The molecule has 0 saturated carbocycles. The van der Waals surface area contributed by atoms with Crippen molar-refractivity contribution in [2.24, 2.45) is 11.8 Å². The van der Waals surface area contributed by atoms with Crippen LogP contribution in [-0.2, 0) is 9.59 Å². The Bertz CT molecular complexity index is 547. The van der Waals surface area contributed by atoms with E-state index in [1.807, 2.05) is 82.2 Å². The third-order valence-electron chi connectivity index (χ3n) is 3.81. The van der Waals surface area contributed by atoms with Crippen LogP contribution in [0.1, 0.15) is 19.4 Å². The second-order valence-electron chi connectivity index (χ2n) is 7.02. The van der Waals surface area contributed by atoms with Crippen LogP contribution in [0.15, 0.2) is 35.9 Å². The molecule has 2 atom stereocenters. The van der Waals surface area contributed by atoms with Gasteiger partial charge < -0.3 is 9.80 Å². The number of hydrogen-bond donors (Lipinski definition) is 0. The highest BCUT2D eigenvalue weighted by Crippen LogP contribution is 2.18. The van der Waals surface area contributed by atoms with Gasteiger partial charge in [-0.1, -0.05) is 44.2 Å². The second kappa shape index (κ2) is 9.50. The predicted octanol–water partition coefficient (Wildman–Crippen LogP) is 2.60. The summed E-state index contributed by atoms with van der Waals surface area (Å²) in [6, 6.07) is 9.56. The Morgan fingerprint density at radius 3 is 1.67 bits per heavy atom. The molecule has 0 aliphatic carbocycles. The Morgan fingerprint density at radius 1 is 0.875 bits per heavy atom. The van der Waals surface area contributed by atoms with Crippen molar-refractivity contribution >= 4 is 17.6 Å². The lowest BCUT2D eigenvalue weighted by molar-refractivity contribution is -0.125. The molecule has 0 unspecified atom stereocenters. The fraction of sp³-hybridized carbons (Fsp3) is 0.500. The average molecular weight is 330 g/mol. The van der Waals surface area contributed by atoms with Crippen LogP contribution in [0.25, 0.3) is 6.08 Å². The molecule has 0 spiro atoms. The molecule has 0 aromatic heterocycles. The SMILES string of the molecule is C[C@H](CN(C)C)C(=O)C(=Cc1ccccc1)C(=O)[C@@H](C)CN(C)C. The lowest BCUT2D eigenvalue weighted by atomic mass is 9.89. The number of carbonyl (C=O) groups is 2. The third-order valence-corrected chi connectivity index (χ3v) is 3.81. The molecule has 0 amide bonds. The molecule has 0 radical (unpaired) electrons. The Hall–Kier alpha value is -1.78. The zero-order valence-corrected chi connectivity index (χ0v) is 15.7. The van der Waals surface area contributed by atoms with E-state index < -0.39 is 0 Å². The molecule has 1 aromatic rings. The predicted molar refractivity (Wildman–Crippen MR) is 99.9 cm³/mol. The Balaban J connectivity index is 3.14. The Labute approximate surface area is 146 Å². The van der Waals surface area contributed by atoms with Gasteiger partial charge in [-0.05, 0) is 39.8 Å². The highest BCUT2D eigenvalue weighted by molar-refractivity contribution is 6.24. The summed E-state index contributed by atoms with van der Waals surface area (Å²) in [6.07, 6.45) is 1.74. The molecule has 4 nitrogen and oxygen atoms in total. The molecule has 0 aliphatic heterocycles. The zero-order valence-electron chi connectivity index (χ0n) is 15.7. The van der Waals surface area contributed by atoms with Crippen molar-refractivity contribution in [2.75, 3.05) is 41.3 Å². The van der Waals surface area contributed by atoms with Crippen LogP contribution in [0.5, 0.6) is 0 Å². The lowest BCUT2D eigenvalue weighted by Crippen LogP contribution is -2.33. The fourth-order valence-electron chi connectivity index (χ4n) is 2.77. The summed E-state index contributed by atoms with van der Waals surface area (Å²) >= 11 is 0. The van der Waals surface area contributed by atoms with Crippen LogP contribution >= 0.6 is 0 Å². The molecular formula is C20H30N2O2. The van der Waals surface area contributed by atoms with Crippen molar-refractivity contribution in [3.8, 4) is 0 Å². The van der Waals surface area contributed by atoms with E-state index in [2.05, 4.69) is 0 Å². The van der Waals surface area contributed by atoms with E-state index in [0.717, 1.165) is 5.56 Å². The smallest absolute Gasteiger partial charge is 0.170 e. The van der Waals surface area contributed by atoms with E-state index in [1.165, 1.54) is 0 Å². The largest absolute Gasteiger partial charge is 0.309 e. The summed E-state index contributed by atoms with van der Waals surface area (Å²) in [5.41, 5.74) is 1.19. The minimum Gasteiger partial charge on any atom is -0.309 e. The van der Waals surface area contributed by atoms with E-state index in [-0.39, 0.29) is 23.4 Å². The molecule has 1 rings (SSSR count). The van der Waals surface area contributed by atoms with Gasteiger partial charge in [-0.25, -0.2) is 0 Å². The normalized spacial score (nSPS) is 14.8. The van der Waals surface area contributed by atoms with Crippen LogP contribution in [0, 0.1) is 11.8 Å². The van der Waals surface area contributed by atoms with Crippen LogP contribution in [0.3, 0.4) is 0 Å². The highest BCUT2D eigenvalue weighted by atomic mass is 16.1. The van der Waals surface area contributed by atoms with Gasteiger partial charge in [-0.2, -0.15) is 0 Å². The minimum absolute atomic E-state index is 0.0804. The summed E-state index contributed by atoms with van der Waals surface area (Å²) in [7, 11) is 7.73. The third kappa shape index (κ3) is 6.38. The van der Waals surface area contributed by atoms with Crippen molar-refractivity contribution in [1.82, 2.24) is 9.80 Å². The van der Waals surface area contributed by atoms with Gasteiger partial charge in [-0.3, -0.25) is 9.59 Å². The topological polar surface area (TPSA) is 40.6 Å². The molecular weight excluding hydrogens is 300 g/mol. The maximum Gasteiger partial charge on any atom is 0.170 e. The fourth-order valence-corrected chi connectivity index (χ4v) is 2.77. The first-order valence-electron chi connectivity index (χ1n) is 8.37. The van der Waals surface area contributed by atoms with E-state index in [4.69, 9.17) is 0 Å². The van der Waals surface area contributed by atoms with Crippen molar-refractivity contribution in [1.29, 1.82) is 0 Å². The first kappa shape index (κ1) is 20.3. The quantitative estimate of drug-likeness (QED) is 0.396. The molecule has 1 aromatic carbocycles. The second-order valence-corrected chi connectivity index (χ2v) is 7.02. The molecule has 132 valence electrons. The summed E-state index contributed by atoms with van der Waals surface area (Å²) in [6.45, 7) is 5.01. The maximum absolute atomic E-state index is 12.9. The number of hydrogen-bond acceptors (Lipinski definition) is 4. The van der Waals surface area contributed by atoms with Gasteiger partial charge in [0.25, 0.3) is 0 Å². The zero-order chi connectivity index (χ0) is 18.3. The molecule has 0 heterocycles. The van der Waals surface area contributed by atoms with Crippen LogP contribution in [0.2, 0.25) is 0 Å². The molecule has 24 heavy (non-hydrogen) atoms. The van der Waals surface area contributed by atoms with Crippen LogP contribution in [0.4, 0.5) is 0 Å². The van der Waals surface area contributed by atoms with Gasteiger partial charge in [0.2, 0.25) is 0 Å². The van der Waals surface area contributed by atoms with E-state index in [1.54, 1.807) is 6.08 Å². The number of carbonyl (C=O) groups excluding carboxylic acids is 2. The molecule has 0 aliphatic rings. The number of Topliss-reactive ketones (excluding diaryl/α,β-unsaturated/α-hetero) is 2. The van der Waals surface area contributed by atoms with Gasteiger partial charge >= 0.3 is 0 Å². The summed E-state index contributed by atoms with van der Waals surface area (Å²) in [5.74, 6) is -0.595. The molecule has 4 heteroatoms.